The highest BCUT2D eigenvalue weighted by molar-refractivity contribution is 5.18. The zero-order valence-electron chi connectivity index (χ0n) is 12.7. The van der Waals surface area contributed by atoms with Crippen LogP contribution in [-0.2, 0) is 0 Å². The first-order valence-electron chi connectivity index (χ1n) is 7.94. The molecular formula is C17H24N4. The molecule has 1 aliphatic heterocycles. The minimum atomic E-state index is 0.494. The summed E-state index contributed by atoms with van der Waals surface area (Å²) in [5.74, 6) is 0.623. The summed E-state index contributed by atoms with van der Waals surface area (Å²) in [7, 11) is 0. The average Bonchev–Trinajstić information content (AvgIpc) is 3.08. The van der Waals surface area contributed by atoms with Gasteiger partial charge in [0.15, 0.2) is 0 Å². The molecule has 0 N–H and O–H groups in total. The minimum Gasteiger partial charge on any atom is -0.301 e. The minimum absolute atomic E-state index is 0.494. The lowest BCUT2D eigenvalue weighted by molar-refractivity contribution is 0.165. The summed E-state index contributed by atoms with van der Waals surface area (Å²) < 4.78 is 2.02. The van der Waals surface area contributed by atoms with Crippen LogP contribution >= 0.6 is 0 Å². The normalized spacial score (nSPS) is 21.3. The van der Waals surface area contributed by atoms with E-state index in [1.54, 1.807) is 6.33 Å². The number of benzene rings is 1. The largest absolute Gasteiger partial charge is 0.301 e. The number of hydrogen-bond acceptors (Lipinski definition) is 3. The Morgan fingerprint density at radius 1 is 1.29 bits per heavy atom. The van der Waals surface area contributed by atoms with Crippen molar-refractivity contribution < 1.29 is 0 Å². The van der Waals surface area contributed by atoms with Crippen LogP contribution < -0.4 is 0 Å². The van der Waals surface area contributed by atoms with Crippen molar-refractivity contribution in [3.63, 3.8) is 0 Å². The number of aromatic nitrogens is 3. The van der Waals surface area contributed by atoms with E-state index in [1.165, 1.54) is 37.9 Å². The molecule has 112 valence electrons. The maximum Gasteiger partial charge on any atom is 0.137 e. The molecule has 0 amide bonds. The Balaban J connectivity index is 1.51. The number of hydrogen-bond donors (Lipinski definition) is 0. The maximum absolute atomic E-state index is 4.30. The molecule has 4 nitrogen and oxygen atoms in total. The highest BCUT2D eigenvalue weighted by Crippen LogP contribution is 2.23. The van der Waals surface area contributed by atoms with Gasteiger partial charge in [0.1, 0.15) is 12.7 Å². The molecule has 1 fully saturated rings. The summed E-state index contributed by atoms with van der Waals surface area (Å²) >= 11 is 0. The van der Waals surface area contributed by atoms with Gasteiger partial charge >= 0.3 is 0 Å². The molecule has 1 aromatic heterocycles. The van der Waals surface area contributed by atoms with Crippen LogP contribution in [0.15, 0.2) is 43.0 Å². The van der Waals surface area contributed by atoms with E-state index in [-0.39, 0.29) is 0 Å². The Labute approximate surface area is 126 Å². The van der Waals surface area contributed by atoms with Crippen molar-refractivity contribution in [2.45, 2.75) is 38.1 Å². The third kappa shape index (κ3) is 3.70. The molecule has 0 bridgehead atoms. The van der Waals surface area contributed by atoms with E-state index in [9.17, 15) is 0 Å². The molecular weight excluding hydrogens is 260 g/mol. The van der Waals surface area contributed by atoms with E-state index in [2.05, 4.69) is 52.2 Å². The Kier molecular flexibility index (Phi) is 4.65. The predicted molar refractivity (Wildman–Crippen MR) is 84.2 cm³/mol. The van der Waals surface area contributed by atoms with Crippen molar-refractivity contribution >= 4 is 0 Å². The smallest absolute Gasteiger partial charge is 0.137 e. The lowest BCUT2D eigenvalue weighted by atomic mass is 9.97. The molecule has 0 unspecified atom stereocenters. The van der Waals surface area contributed by atoms with Gasteiger partial charge in [-0.3, -0.25) is 0 Å². The zero-order chi connectivity index (χ0) is 14.5. The highest BCUT2D eigenvalue weighted by atomic mass is 15.3. The number of rotatable bonds is 5. The SMILES string of the molecule is C[C@@H](CCN1CCC[C@@H](n2cncn2)C1)c1ccccc1. The Hall–Kier alpha value is -1.68. The molecule has 2 atom stereocenters. The Morgan fingerprint density at radius 3 is 2.90 bits per heavy atom. The van der Waals surface area contributed by atoms with E-state index in [4.69, 9.17) is 0 Å². The van der Waals surface area contributed by atoms with E-state index in [0.717, 1.165) is 6.54 Å². The van der Waals surface area contributed by atoms with Gasteiger partial charge in [0.25, 0.3) is 0 Å². The van der Waals surface area contributed by atoms with Crippen LogP contribution in [0.3, 0.4) is 0 Å². The average molecular weight is 284 g/mol. The third-order valence-corrected chi connectivity index (χ3v) is 4.54. The van der Waals surface area contributed by atoms with Crippen molar-refractivity contribution in [1.29, 1.82) is 0 Å². The molecule has 2 aromatic rings. The van der Waals surface area contributed by atoms with Gasteiger partial charge in [-0.2, -0.15) is 5.10 Å². The van der Waals surface area contributed by atoms with Crippen molar-refractivity contribution in [2.24, 2.45) is 0 Å². The molecule has 2 heterocycles. The van der Waals surface area contributed by atoms with Crippen LogP contribution in [0, 0.1) is 0 Å². The van der Waals surface area contributed by atoms with E-state index in [1.807, 2.05) is 11.0 Å². The van der Waals surface area contributed by atoms with Crippen LogP contribution in [0.5, 0.6) is 0 Å². The van der Waals surface area contributed by atoms with E-state index >= 15 is 0 Å². The fraction of sp³-hybridized carbons (Fsp3) is 0.529. The summed E-state index contributed by atoms with van der Waals surface area (Å²) in [6.07, 6.45) is 7.17. The number of piperidine rings is 1. The number of nitrogens with zero attached hydrogens (tertiary/aromatic N) is 4. The van der Waals surface area contributed by atoms with Gasteiger partial charge in [-0.1, -0.05) is 37.3 Å². The molecule has 0 spiro atoms. The molecule has 1 aliphatic rings. The van der Waals surface area contributed by atoms with Gasteiger partial charge in [-0.15, -0.1) is 0 Å². The summed E-state index contributed by atoms with van der Waals surface area (Å²) in [5.41, 5.74) is 1.45. The first-order valence-corrected chi connectivity index (χ1v) is 7.94. The molecule has 21 heavy (non-hydrogen) atoms. The molecule has 4 heteroatoms. The molecule has 3 rings (SSSR count). The lowest BCUT2D eigenvalue weighted by Crippen LogP contribution is -2.37. The second-order valence-electron chi connectivity index (χ2n) is 6.07. The fourth-order valence-corrected chi connectivity index (χ4v) is 3.18. The van der Waals surface area contributed by atoms with Gasteiger partial charge < -0.3 is 4.90 Å². The van der Waals surface area contributed by atoms with Crippen LogP contribution in [0.25, 0.3) is 0 Å². The summed E-state index contributed by atoms with van der Waals surface area (Å²) in [5, 5.41) is 4.30. The Morgan fingerprint density at radius 2 is 2.14 bits per heavy atom. The van der Waals surface area contributed by atoms with Crippen LogP contribution in [0.2, 0.25) is 0 Å². The van der Waals surface area contributed by atoms with Crippen LogP contribution in [-0.4, -0.2) is 39.3 Å². The third-order valence-electron chi connectivity index (χ3n) is 4.54. The Bertz CT molecular complexity index is 523. The van der Waals surface area contributed by atoms with E-state index < -0.39 is 0 Å². The molecule has 0 aliphatic carbocycles. The van der Waals surface area contributed by atoms with Crippen molar-refractivity contribution in [3.05, 3.63) is 48.5 Å². The number of likely N-dealkylation sites (tertiary alicyclic amines) is 1. The lowest BCUT2D eigenvalue weighted by Gasteiger charge is -2.33. The van der Waals surface area contributed by atoms with Gasteiger partial charge in [0.2, 0.25) is 0 Å². The summed E-state index contributed by atoms with van der Waals surface area (Å²) in [6, 6.07) is 11.3. The topological polar surface area (TPSA) is 34.0 Å². The predicted octanol–water partition coefficient (Wildman–Crippen LogP) is 3.11. The standard InChI is InChI=1S/C17H24N4/c1-15(16-6-3-2-4-7-16)9-11-20-10-5-8-17(12-20)21-14-18-13-19-21/h2-4,6-7,13-15,17H,5,8-12H2,1H3/t15-,17+/m0/s1. The fourth-order valence-electron chi connectivity index (χ4n) is 3.18. The van der Waals surface area contributed by atoms with Crippen molar-refractivity contribution in [1.82, 2.24) is 19.7 Å². The summed E-state index contributed by atoms with van der Waals surface area (Å²) in [4.78, 5) is 6.65. The van der Waals surface area contributed by atoms with Gasteiger partial charge in [-0.05, 0) is 43.8 Å². The first-order chi connectivity index (χ1) is 10.3. The van der Waals surface area contributed by atoms with Gasteiger partial charge in [0.05, 0.1) is 6.04 Å². The molecule has 0 radical (unpaired) electrons. The van der Waals surface area contributed by atoms with Gasteiger partial charge in [-0.25, -0.2) is 9.67 Å². The maximum atomic E-state index is 4.30. The molecule has 1 aromatic carbocycles. The second kappa shape index (κ2) is 6.85. The van der Waals surface area contributed by atoms with Crippen molar-refractivity contribution in [3.8, 4) is 0 Å². The van der Waals surface area contributed by atoms with E-state index in [0.29, 0.717) is 12.0 Å². The highest BCUT2D eigenvalue weighted by Gasteiger charge is 2.21. The molecule has 0 saturated carbocycles. The van der Waals surface area contributed by atoms with Crippen molar-refractivity contribution in [2.75, 3.05) is 19.6 Å². The van der Waals surface area contributed by atoms with Gasteiger partial charge in [0, 0.05) is 6.54 Å². The first kappa shape index (κ1) is 14.3. The molecule has 1 saturated heterocycles. The zero-order valence-corrected chi connectivity index (χ0v) is 12.7. The second-order valence-corrected chi connectivity index (χ2v) is 6.07. The quantitative estimate of drug-likeness (QED) is 0.846. The van der Waals surface area contributed by atoms with Crippen LogP contribution in [0.1, 0.15) is 43.7 Å². The van der Waals surface area contributed by atoms with Crippen LogP contribution in [0.4, 0.5) is 0 Å². The summed E-state index contributed by atoms with van der Waals surface area (Å²) in [6.45, 7) is 5.81. The monoisotopic (exact) mass is 284 g/mol.